The summed E-state index contributed by atoms with van der Waals surface area (Å²) < 4.78 is 23.3. The number of halogens is 2. The summed E-state index contributed by atoms with van der Waals surface area (Å²) in [6.07, 6.45) is 1.17. The molecule has 0 aromatic carbocycles. The summed E-state index contributed by atoms with van der Waals surface area (Å²) in [5, 5.41) is 2.72. The van der Waals surface area contributed by atoms with E-state index in [0.29, 0.717) is 19.6 Å². The van der Waals surface area contributed by atoms with Gasteiger partial charge in [-0.15, -0.1) is 0 Å². The van der Waals surface area contributed by atoms with Gasteiger partial charge in [0.15, 0.2) is 11.0 Å². The normalized spacial score (nSPS) is 22.9. The van der Waals surface area contributed by atoms with Gasteiger partial charge in [0.05, 0.1) is 18.8 Å². The first-order valence-electron chi connectivity index (χ1n) is 5.76. The average molecular weight is 290 g/mol. The van der Waals surface area contributed by atoms with Crippen LogP contribution in [-0.2, 0) is 14.3 Å². The van der Waals surface area contributed by atoms with Crippen molar-refractivity contribution in [2.45, 2.75) is 25.5 Å². The van der Waals surface area contributed by atoms with Gasteiger partial charge in [0.1, 0.15) is 6.10 Å². The van der Waals surface area contributed by atoms with E-state index in [1.807, 2.05) is 0 Å². The number of rotatable bonds is 3. The van der Waals surface area contributed by atoms with Gasteiger partial charge < -0.3 is 14.8 Å². The summed E-state index contributed by atoms with van der Waals surface area (Å²) in [5.74, 6) is -0.883. The number of esters is 1. The molecule has 0 unspecified atom stereocenters. The van der Waals surface area contributed by atoms with Gasteiger partial charge in [-0.3, -0.25) is 4.79 Å². The minimum atomic E-state index is -0.685. The van der Waals surface area contributed by atoms with Crippen molar-refractivity contribution in [3.63, 3.8) is 0 Å². The Bertz CT molecular complexity index is 474. The maximum Gasteiger partial charge on any atom is 0.303 e. The predicted molar refractivity (Wildman–Crippen MR) is 65.4 cm³/mol. The predicted octanol–water partition coefficient (Wildman–Crippen LogP) is 1.40. The molecule has 1 fully saturated rings. The third-order valence-electron chi connectivity index (χ3n) is 2.64. The van der Waals surface area contributed by atoms with Gasteiger partial charge in [-0.2, -0.15) is 4.98 Å². The van der Waals surface area contributed by atoms with Crippen LogP contribution in [0.1, 0.15) is 13.3 Å². The maximum atomic E-state index is 13.0. The molecule has 1 aromatic heterocycles. The summed E-state index contributed by atoms with van der Waals surface area (Å²) in [6.45, 7) is 2.16. The third kappa shape index (κ3) is 3.74. The van der Waals surface area contributed by atoms with Crippen molar-refractivity contribution in [2.75, 3.05) is 18.5 Å². The van der Waals surface area contributed by atoms with E-state index in [1.165, 1.54) is 6.92 Å². The number of carbonyl (C=O) groups is 1. The first kappa shape index (κ1) is 14.0. The molecule has 6 nitrogen and oxygen atoms in total. The van der Waals surface area contributed by atoms with Crippen molar-refractivity contribution in [1.29, 1.82) is 0 Å². The summed E-state index contributed by atoms with van der Waals surface area (Å²) >= 11 is 5.58. The zero-order chi connectivity index (χ0) is 13.8. The van der Waals surface area contributed by atoms with Crippen LogP contribution in [0.15, 0.2) is 6.20 Å². The largest absolute Gasteiger partial charge is 0.458 e. The number of nitrogens with zero attached hydrogens (tertiary/aromatic N) is 2. The molecule has 0 radical (unpaired) electrons. The van der Waals surface area contributed by atoms with Crippen LogP contribution in [0, 0.1) is 5.82 Å². The van der Waals surface area contributed by atoms with Crippen molar-refractivity contribution in [1.82, 2.24) is 9.97 Å². The first-order valence-corrected chi connectivity index (χ1v) is 6.13. The Morgan fingerprint density at radius 1 is 1.68 bits per heavy atom. The molecule has 1 aliphatic heterocycles. The lowest BCUT2D eigenvalue weighted by molar-refractivity contribution is -0.153. The molecule has 104 valence electrons. The Labute approximate surface area is 114 Å². The Balaban J connectivity index is 2.06. The van der Waals surface area contributed by atoms with Gasteiger partial charge in [-0.1, -0.05) is 11.6 Å². The van der Waals surface area contributed by atoms with Crippen LogP contribution in [0.5, 0.6) is 0 Å². The molecule has 8 heteroatoms. The average Bonchev–Trinajstić information content (AvgIpc) is 2.36. The van der Waals surface area contributed by atoms with Gasteiger partial charge in [0.25, 0.3) is 0 Å². The van der Waals surface area contributed by atoms with Crippen molar-refractivity contribution in [3.05, 3.63) is 17.2 Å². The van der Waals surface area contributed by atoms with Crippen LogP contribution in [0.25, 0.3) is 0 Å². The fraction of sp³-hybridized carbons (Fsp3) is 0.545. The molecule has 0 saturated carbocycles. The fourth-order valence-electron chi connectivity index (χ4n) is 1.79. The second-order valence-corrected chi connectivity index (χ2v) is 4.45. The molecule has 1 N–H and O–H groups in total. The standard InChI is InChI=1S/C11H13ClFN3O3/c1-6(17)19-9-5-18-3-2-8(9)15-11-14-4-7(13)10(12)16-11/h4,8-9H,2-3,5H2,1H3,(H,14,15,16)/t8-,9-/m1/s1. The summed E-state index contributed by atoms with van der Waals surface area (Å²) in [4.78, 5) is 18.6. The highest BCUT2D eigenvalue weighted by Gasteiger charge is 2.29. The second kappa shape index (κ2) is 6.12. The Hall–Kier alpha value is -1.47. The number of hydrogen-bond acceptors (Lipinski definition) is 6. The summed E-state index contributed by atoms with van der Waals surface area (Å²) in [5.41, 5.74) is 0. The molecular weight excluding hydrogens is 277 g/mol. The van der Waals surface area contributed by atoms with Crippen LogP contribution >= 0.6 is 11.6 Å². The Morgan fingerprint density at radius 2 is 2.47 bits per heavy atom. The van der Waals surface area contributed by atoms with E-state index in [-0.39, 0.29) is 23.1 Å². The minimum absolute atomic E-state index is 0.190. The minimum Gasteiger partial charge on any atom is -0.458 e. The van der Waals surface area contributed by atoms with Crippen molar-refractivity contribution < 1.29 is 18.7 Å². The second-order valence-electron chi connectivity index (χ2n) is 4.09. The molecule has 2 heterocycles. The van der Waals surface area contributed by atoms with Crippen molar-refractivity contribution in [2.24, 2.45) is 0 Å². The maximum absolute atomic E-state index is 13.0. The van der Waals surface area contributed by atoms with E-state index >= 15 is 0 Å². The van der Waals surface area contributed by atoms with Crippen molar-refractivity contribution >= 4 is 23.5 Å². The number of hydrogen-bond donors (Lipinski definition) is 1. The van der Waals surface area contributed by atoms with Gasteiger partial charge in [-0.05, 0) is 6.42 Å². The molecule has 1 aromatic rings. The topological polar surface area (TPSA) is 73.3 Å². The van der Waals surface area contributed by atoms with Crippen LogP contribution < -0.4 is 5.32 Å². The lowest BCUT2D eigenvalue weighted by atomic mass is 10.1. The van der Waals surface area contributed by atoms with E-state index in [4.69, 9.17) is 21.1 Å². The molecule has 0 aliphatic carbocycles. The zero-order valence-electron chi connectivity index (χ0n) is 10.2. The quantitative estimate of drug-likeness (QED) is 0.670. The van der Waals surface area contributed by atoms with Gasteiger partial charge in [-0.25, -0.2) is 9.37 Å². The molecule has 2 rings (SSSR count). The number of carbonyl (C=O) groups excluding carboxylic acids is 1. The van der Waals surface area contributed by atoms with Gasteiger partial charge in [0.2, 0.25) is 5.95 Å². The SMILES string of the molecule is CC(=O)O[C@@H]1COCC[C@H]1Nc1ncc(F)c(Cl)n1. The van der Waals surface area contributed by atoms with E-state index < -0.39 is 11.9 Å². The molecule has 1 aliphatic rings. The molecule has 0 amide bonds. The molecule has 0 spiro atoms. The van der Waals surface area contributed by atoms with Gasteiger partial charge >= 0.3 is 5.97 Å². The highest BCUT2D eigenvalue weighted by Crippen LogP contribution is 2.17. The molecule has 1 saturated heterocycles. The van der Waals surface area contributed by atoms with Gasteiger partial charge in [0, 0.05) is 13.5 Å². The monoisotopic (exact) mass is 289 g/mol. The number of anilines is 1. The van der Waals surface area contributed by atoms with Crippen LogP contribution in [0.4, 0.5) is 10.3 Å². The summed E-state index contributed by atoms with van der Waals surface area (Å²) in [7, 11) is 0. The number of nitrogens with one attached hydrogen (secondary N) is 1. The highest BCUT2D eigenvalue weighted by atomic mass is 35.5. The molecule has 0 bridgehead atoms. The smallest absolute Gasteiger partial charge is 0.303 e. The number of ether oxygens (including phenoxy) is 2. The molecule has 2 atom stereocenters. The lowest BCUT2D eigenvalue weighted by Gasteiger charge is -2.31. The van der Waals surface area contributed by atoms with Crippen LogP contribution in [0.3, 0.4) is 0 Å². The molecular formula is C11H13ClFN3O3. The third-order valence-corrected chi connectivity index (χ3v) is 2.90. The van der Waals surface area contributed by atoms with Crippen LogP contribution in [-0.4, -0.2) is 41.3 Å². The Kier molecular flexibility index (Phi) is 4.49. The van der Waals surface area contributed by atoms with Crippen molar-refractivity contribution in [3.8, 4) is 0 Å². The molecule has 19 heavy (non-hydrogen) atoms. The number of aromatic nitrogens is 2. The zero-order valence-corrected chi connectivity index (χ0v) is 11.0. The Morgan fingerprint density at radius 3 is 3.16 bits per heavy atom. The van der Waals surface area contributed by atoms with E-state index in [0.717, 1.165) is 6.20 Å². The summed E-state index contributed by atoms with van der Waals surface area (Å²) in [6, 6.07) is -0.195. The van der Waals surface area contributed by atoms with E-state index in [2.05, 4.69) is 15.3 Å². The van der Waals surface area contributed by atoms with Crippen LogP contribution in [0.2, 0.25) is 5.15 Å². The first-order chi connectivity index (χ1) is 9.06. The van der Waals surface area contributed by atoms with E-state index in [1.54, 1.807) is 0 Å². The fourth-order valence-corrected chi connectivity index (χ4v) is 1.92. The van der Waals surface area contributed by atoms with E-state index in [9.17, 15) is 9.18 Å². The lowest BCUT2D eigenvalue weighted by Crippen LogP contribution is -2.44. The highest BCUT2D eigenvalue weighted by molar-refractivity contribution is 6.29.